The molecule has 0 saturated heterocycles. The van der Waals surface area contributed by atoms with Gasteiger partial charge in [-0.25, -0.2) is 4.79 Å². The molecule has 0 radical (unpaired) electrons. The van der Waals surface area contributed by atoms with Gasteiger partial charge in [-0.3, -0.25) is 14.7 Å². The summed E-state index contributed by atoms with van der Waals surface area (Å²) in [5.41, 5.74) is 13.0. The number of benzene rings is 3. The average molecular weight is 495 g/mol. The van der Waals surface area contributed by atoms with Crippen LogP contribution in [0.4, 0.5) is 11.4 Å². The first kappa shape index (κ1) is 24.5. The fraction of sp³-hybridized carbons (Fsp3) is 0.233. The lowest BCUT2D eigenvalue weighted by Crippen LogP contribution is -2.33. The van der Waals surface area contributed by atoms with Crippen molar-refractivity contribution in [2.24, 2.45) is 5.73 Å². The molecule has 188 valence electrons. The Morgan fingerprint density at radius 1 is 1.03 bits per heavy atom. The number of pyridine rings is 1. The van der Waals surface area contributed by atoms with Gasteiger partial charge in [0.05, 0.1) is 11.1 Å². The first-order chi connectivity index (χ1) is 17.8. The van der Waals surface area contributed by atoms with E-state index in [1.54, 1.807) is 6.07 Å². The second kappa shape index (κ2) is 10.0. The second-order valence-electron chi connectivity index (χ2n) is 9.62. The number of anilines is 2. The summed E-state index contributed by atoms with van der Waals surface area (Å²) in [4.78, 5) is 31.9. The van der Waals surface area contributed by atoms with Crippen LogP contribution in [0.25, 0.3) is 10.9 Å². The maximum absolute atomic E-state index is 12.7. The predicted molar refractivity (Wildman–Crippen MR) is 146 cm³/mol. The van der Waals surface area contributed by atoms with Gasteiger partial charge in [0.25, 0.3) is 0 Å². The Labute approximate surface area is 215 Å². The van der Waals surface area contributed by atoms with Crippen LogP contribution >= 0.6 is 0 Å². The standard InChI is InChI=1S/C30H30N4O3/c1-18-15-27(23-9-5-6-10-25(23)32-18)33-26-16-24(30(36)37)22(28(19(26)2)29(31)35)12-14-34-13-11-20-7-3-4-8-21(20)17-34/h3-10,15-16H,11-14,17H2,1-2H3,(H2,31,35)(H,32,33)(H,36,37). The van der Waals surface area contributed by atoms with Crippen LogP contribution in [0.5, 0.6) is 0 Å². The summed E-state index contributed by atoms with van der Waals surface area (Å²) in [7, 11) is 0. The number of rotatable bonds is 7. The number of aromatic carboxylic acids is 1. The van der Waals surface area contributed by atoms with E-state index in [1.165, 1.54) is 11.1 Å². The van der Waals surface area contributed by atoms with Gasteiger partial charge >= 0.3 is 5.97 Å². The molecule has 0 atom stereocenters. The predicted octanol–water partition coefficient (Wildman–Crippen LogP) is 4.99. The number of aryl methyl sites for hydroxylation is 1. The van der Waals surface area contributed by atoms with E-state index in [1.807, 2.05) is 50.2 Å². The molecule has 7 heteroatoms. The number of primary amides is 1. The Bertz CT molecular complexity index is 1530. The minimum atomic E-state index is -1.08. The zero-order chi connectivity index (χ0) is 26.1. The molecule has 7 nitrogen and oxygen atoms in total. The quantitative estimate of drug-likeness (QED) is 0.334. The number of para-hydroxylation sites is 1. The van der Waals surface area contributed by atoms with Crippen molar-refractivity contribution in [3.8, 4) is 0 Å². The number of nitrogens with one attached hydrogen (secondary N) is 1. The van der Waals surface area contributed by atoms with Gasteiger partial charge in [0.1, 0.15) is 0 Å². The van der Waals surface area contributed by atoms with Gasteiger partial charge in [-0.2, -0.15) is 0 Å². The molecular formula is C30H30N4O3. The van der Waals surface area contributed by atoms with Crippen LogP contribution in [-0.2, 0) is 19.4 Å². The molecule has 1 aromatic heterocycles. The van der Waals surface area contributed by atoms with Crippen LogP contribution in [0.1, 0.15) is 48.7 Å². The highest BCUT2D eigenvalue weighted by Crippen LogP contribution is 2.33. The smallest absolute Gasteiger partial charge is 0.336 e. The van der Waals surface area contributed by atoms with E-state index in [9.17, 15) is 14.7 Å². The van der Waals surface area contributed by atoms with E-state index >= 15 is 0 Å². The minimum Gasteiger partial charge on any atom is -0.478 e. The summed E-state index contributed by atoms with van der Waals surface area (Å²) in [6.07, 6.45) is 1.37. The molecule has 0 spiro atoms. The van der Waals surface area contributed by atoms with Gasteiger partial charge in [-0.15, -0.1) is 0 Å². The van der Waals surface area contributed by atoms with Gasteiger partial charge in [0, 0.05) is 47.7 Å². The van der Waals surface area contributed by atoms with Crippen molar-refractivity contribution in [3.05, 3.63) is 99.7 Å². The molecule has 5 rings (SSSR count). The van der Waals surface area contributed by atoms with Crippen molar-refractivity contribution in [1.82, 2.24) is 9.88 Å². The molecule has 0 unspecified atom stereocenters. The second-order valence-corrected chi connectivity index (χ2v) is 9.62. The molecule has 1 amide bonds. The maximum atomic E-state index is 12.7. The third kappa shape index (κ3) is 4.90. The summed E-state index contributed by atoms with van der Waals surface area (Å²) in [6.45, 7) is 6.04. The van der Waals surface area contributed by atoms with Crippen LogP contribution in [0.15, 0.2) is 60.7 Å². The van der Waals surface area contributed by atoms with E-state index in [-0.39, 0.29) is 11.1 Å². The van der Waals surface area contributed by atoms with E-state index in [4.69, 9.17) is 5.73 Å². The highest BCUT2D eigenvalue weighted by Gasteiger charge is 2.24. The number of hydrogen-bond donors (Lipinski definition) is 3. The number of hydrogen-bond acceptors (Lipinski definition) is 5. The van der Waals surface area contributed by atoms with E-state index in [0.29, 0.717) is 29.8 Å². The Morgan fingerprint density at radius 2 is 1.76 bits per heavy atom. The summed E-state index contributed by atoms with van der Waals surface area (Å²) in [5, 5.41) is 14.4. The van der Waals surface area contributed by atoms with Gasteiger partial charge < -0.3 is 16.2 Å². The van der Waals surface area contributed by atoms with Crippen molar-refractivity contribution in [2.45, 2.75) is 33.2 Å². The number of nitrogens with two attached hydrogens (primary N) is 1. The Kier molecular flexibility index (Phi) is 6.63. The summed E-state index contributed by atoms with van der Waals surface area (Å²) in [6, 6.07) is 19.7. The van der Waals surface area contributed by atoms with Gasteiger partial charge in [-0.05, 0) is 67.1 Å². The fourth-order valence-corrected chi connectivity index (χ4v) is 5.32. The molecule has 0 bridgehead atoms. The topological polar surface area (TPSA) is 109 Å². The monoisotopic (exact) mass is 494 g/mol. The Hall–Kier alpha value is -4.23. The van der Waals surface area contributed by atoms with Crippen molar-refractivity contribution in [2.75, 3.05) is 18.4 Å². The molecule has 1 aliphatic rings. The highest BCUT2D eigenvalue weighted by molar-refractivity contribution is 6.03. The lowest BCUT2D eigenvalue weighted by Gasteiger charge is -2.29. The summed E-state index contributed by atoms with van der Waals surface area (Å²) >= 11 is 0. The fourth-order valence-electron chi connectivity index (χ4n) is 5.32. The SMILES string of the molecule is Cc1cc(Nc2cc(C(=O)O)c(CCN3CCc4ccccc4C3)c(C(N)=O)c2C)c2ccccc2n1. The molecular weight excluding hydrogens is 464 g/mol. The number of amides is 1. The number of carboxylic acid groups (broad SMARTS) is 1. The first-order valence-corrected chi connectivity index (χ1v) is 12.4. The Morgan fingerprint density at radius 3 is 2.51 bits per heavy atom. The zero-order valence-corrected chi connectivity index (χ0v) is 21.0. The normalized spacial score (nSPS) is 13.4. The average Bonchev–Trinajstić information content (AvgIpc) is 2.88. The molecule has 3 aromatic carbocycles. The molecule has 1 aliphatic heterocycles. The zero-order valence-electron chi connectivity index (χ0n) is 21.0. The van der Waals surface area contributed by atoms with Crippen molar-refractivity contribution < 1.29 is 14.7 Å². The molecule has 0 aliphatic carbocycles. The van der Waals surface area contributed by atoms with Crippen LogP contribution < -0.4 is 11.1 Å². The molecule has 4 N–H and O–H groups in total. The highest BCUT2D eigenvalue weighted by atomic mass is 16.4. The van der Waals surface area contributed by atoms with Crippen molar-refractivity contribution >= 4 is 34.2 Å². The van der Waals surface area contributed by atoms with Gasteiger partial charge in [0.15, 0.2) is 0 Å². The lowest BCUT2D eigenvalue weighted by atomic mass is 9.91. The van der Waals surface area contributed by atoms with Crippen LogP contribution in [0, 0.1) is 13.8 Å². The maximum Gasteiger partial charge on any atom is 0.336 e. The van der Waals surface area contributed by atoms with E-state index in [2.05, 4.69) is 33.4 Å². The number of carboxylic acids is 1. The van der Waals surface area contributed by atoms with Gasteiger partial charge in [-0.1, -0.05) is 42.5 Å². The first-order valence-electron chi connectivity index (χ1n) is 12.4. The number of aromatic nitrogens is 1. The van der Waals surface area contributed by atoms with Crippen LogP contribution in [0.3, 0.4) is 0 Å². The lowest BCUT2D eigenvalue weighted by molar-refractivity contribution is 0.0695. The largest absolute Gasteiger partial charge is 0.478 e. The van der Waals surface area contributed by atoms with Crippen LogP contribution in [0.2, 0.25) is 0 Å². The minimum absolute atomic E-state index is 0.0920. The molecule has 4 aromatic rings. The summed E-state index contributed by atoms with van der Waals surface area (Å²) in [5.74, 6) is -1.71. The molecule has 2 heterocycles. The summed E-state index contributed by atoms with van der Waals surface area (Å²) < 4.78 is 0. The number of carbonyl (C=O) groups excluding carboxylic acids is 1. The van der Waals surface area contributed by atoms with Crippen LogP contribution in [-0.4, -0.2) is 40.0 Å². The number of carbonyl (C=O) groups is 2. The molecule has 0 saturated carbocycles. The molecule has 37 heavy (non-hydrogen) atoms. The molecule has 0 fully saturated rings. The van der Waals surface area contributed by atoms with Gasteiger partial charge in [0.2, 0.25) is 5.91 Å². The third-order valence-corrected chi connectivity index (χ3v) is 7.17. The third-order valence-electron chi connectivity index (χ3n) is 7.17. The van der Waals surface area contributed by atoms with Crippen molar-refractivity contribution in [3.63, 3.8) is 0 Å². The number of nitrogens with zero attached hydrogens (tertiary/aromatic N) is 2. The van der Waals surface area contributed by atoms with Crippen molar-refractivity contribution in [1.29, 1.82) is 0 Å². The number of fused-ring (bicyclic) bond motifs is 2. The van der Waals surface area contributed by atoms with E-state index in [0.717, 1.165) is 41.8 Å². The Balaban J connectivity index is 1.50. The van der Waals surface area contributed by atoms with E-state index < -0.39 is 11.9 Å².